The molecule has 1 aliphatic heterocycles. The summed E-state index contributed by atoms with van der Waals surface area (Å²) in [4.78, 5) is 0. The number of aliphatic hydroxyl groups excluding tert-OH is 3. The molecule has 3 N–H and O–H groups in total. The number of hydrogen-bond donors (Lipinski definition) is 3. The Kier molecular flexibility index (Phi) is 2.20. The second-order valence-corrected chi connectivity index (χ2v) is 2.18. The number of alkyl halides is 1. The van der Waals surface area contributed by atoms with Gasteiger partial charge in [-0.3, -0.25) is 0 Å². The SMILES string of the molecule is OC[C@H]1O[C@@H](O)[C@H]([18F])[C@@H]1O. The summed E-state index contributed by atoms with van der Waals surface area (Å²) >= 11 is 0. The predicted octanol–water partition coefficient (Wildman–Crippen LogP) is -1.61. The van der Waals surface area contributed by atoms with Crippen LogP contribution in [-0.4, -0.2) is 46.6 Å². The van der Waals surface area contributed by atoms with E-state index in [9.17, 15) is 4.39 Å². The minimum atomic E-state index is -1.81. The van der Waals surface area contributed by atoms with Crippen molar-refractivity contribution in [1.29, 1.82) is 0 Å². The number of hydrogen-bond acceptors (Lipinski definition) is 4. The highest BCUT2D eigenvalue weighted by molar-refractivity contribution is 4.85. The molecule has 10 heavy (non-hydrogen) atoms. The highest BCUT2D eigenvalue weighted by Crippen LogP contribution is 2.21. The molecule has 1 rings (SSSR count). The molecule has 60 valence electrons. The van der Waals surface area contributed by atoms with E-state index in [1.807, 2.05) is 0 Å². The topological polar surface area (TPSA) is 69.9 Å². The summed E-state index contributed by atoms with van der Waals surface area (Å²) in [6.07, 6.45) is -5.82. The van der Waals surface area contributed by atoms with Gasteiger partial charge in [-0.15, -0.1) is 0 Å². The van der Waals surface area contributed by atoms with Gasteiger partial charge < -0.3 is 20.1 Å². The van der Waals surface area contributed by atoms with Gasteiger partial charge in [0.25, 0.3) is 0 Å². The van der Waals surface area contributed by atoms with Gasteiger partial charge in [0.1, 0.15) is 12.2 Å². The molecule has 5 heteroatoms. The van der Waals surface area contributed by atoms with Crippen LogP contribution in [0.15, 0.2) is 0 Å². The van der Waals surface area contributed by atoms with Gasteiger partial charge in [0, 0.05) is 0 Å². The lowest BCUT2D eigenvalue weighted by molar-refractivity contribution is -0.121. The summed E-state index contributed by atoms with van der Waals surface area (Å²) in [6.45, 7) is -0.487. The van der Waals surface area contributed by atoms with Crippen LogP contribution in [0.25, 0.3) is 0 Å². The number of ether oxygens (including phenoxy) is 1. The van der Waals surface area contributed by atoms with Crippen molar-refractivity contribution in [2.75, 3.05) is 6.61 Å². The smallest absolute Gasteiger partial charge is 0.189 e. The molecule has 1 fully saturated rings. The monoisotopic (exact) mass is 151 g/mol. The molecule has 1 saturated heterocycles. The zero-order valence-corrected chi connectivity index (χ0v) is 5.14. The van der Waals surface area contributed by atoms with E-state index >= 15 is 0 Å². The van der Waals surface area contributed by atoms with E-state index < -0.39 is 31.3 Å². The van der Waals surface area contributed by atoms with Gasteiger partial charge in [0.2, 0.25) is 0 Å². The summed E-state index contributed by atoms with van der Waals surface area (Å²) in [7, 11) is 0. The van der Waals surface area contributed by atoms with E-state index in [0.717, 1.165) is 0 Å². The number of aliphatic hydroxyl groups is 3. The summed E-state index contributed by atoms with van der Waals surface area (Å²) in [5.41, 5.74) is 0. The van der Waals surface area contributed by atoms with Crippen molar-refractivity contribution in [2.24, 2.45) is 0 Å². The van der Waals surface area contributed by atoms with Gasteiger partial charge in [-0.25, -0.2) is 4.39 Å². The first kappa shape index (κ1) is 7.87. The Hall–Kier alpha value is -0.230. The van der Waals surface area contributed by atoms with E-state index in [-0.39, 0.29) is 0 Å². The third-order valence-electron chi connectivity index (χ3n) is 1.47. The molecule has 1 heterocycles. The molecule has 4 atom stereocenters. The maximum atomic E-state index is 12.4. The average Bonchev–Trinajstić information content (AvgIpc) is 2.17. The van der Waals surface area contributed by atoms with Crippen LogP contribution in [0, 0.1) is 0 Å². The summed E-state index contributed by atoms with van der Waals surface area (Å²) in [6, 6.07) is 0. The summed E-state index contributed by atoms with van der Waals surface area (Å²) < 4.78 is 16.8. The second kappa shape index (κ2) is 2.79. The first-order valence-corrected chi connectivity index (χ1v) is 2.93. The van der Waals surface area contributed by atoms with Crippen molar-refractivity contribution in [3.63, 3.8) is 0 Å². The molecule has 0 aromatic carbocycles. The lowest BCUT2D eigenvalue weighted by Crippen LogP contribution is -2.30. The van der Waals surface area contributed by atoms with Crippen LogP contribution in [0.5, 0.6) is 0 Å². The first-order valence-electron chi connectivity index (χ1n) is 2.93. The molecule has 0 radical (unpaired) electrons. The van der Waals surface area contributed by atoms with Crippen LogP contribution in [0.3, 0.4) is 0 Å². The standard InChI is InChI=1S/C5H9FO4/c6-3-4(8)2(1-7)10-5(3)9/h2-5,7-9H,1H2/t2-,3-,4-,5-/m1/s1/i6-1. The van der Waals surface area contributed by atoms with Crippen LogP contribution < -0.4 is 0 Å². The zero-order chi connectivity index (χ0) is 7.72. The molecular formula is C5H9FO4. The predicted molar refractivity (Wildman–Crippen MR) is 28.9 cm³/mol. The van der Waals surface area contributed by atoms with Crippen molar-refractivity contribution in [3.8, 4) is 0 Å². The fraction of sp³-hybridized carbons (Fsp3) is 1.00. The van der Waals surface area contributed by atoms with Crippen LogP contribution in [0.4, 0.5) is 4.39 Å². The van der Waals surface area contributed by atoms with Crippen LogP contribution in [-0.2, 0) is 4.74 Å². The van der Waals surface area contributed by atoms with Gasteiger partial charge in [-0.2, -0.15) is 0 Å². The zero-order valence-electron chi connectivity index (χ0n) is 5.14. The lowest BCUT2D eigenvalue weighted by Gasteiger charge is -2.08. The maximum absolute atomic E-state index is 12.4. The van der Waals surface area contributed by atoms with Gasteiger partial charge in [-0.1, -0.05) is 0 Å². The maximum Gasteiger partial charge on any atom is 0.189 e. The first-order chi connectivity index (χ1) is 4.66. The Morgan fingerprint density at radius 3 is 2.20 bits per heavy atom. The molecule has 0 aliphatic carbocycles. The van der Waals surface area contributed by atoms with Crippen molar-refractivity contribution in [1.82, 2.24) is 0 Å². The fourth-order valence-corrected chi connectivity index (χ4v) is 0.859. The van der Waals surface area contributed by atoms with Gasteiger partial charge >= 0.3 is 0 Å². The van der Waals surface area contributed by atoms with Gasteiger partial charge in [0.15, 0.2) is 12.5 Å². The van der Waals surface area contributed by atoms with Crippen molar-refractivity contribution < 1.29 is 24.4 Å². The quantitative estimate of drug-likeness (QED) is 0.422. The van der Waals surface area contributed by atoms with Crippen LogP contribution >= 0.6 is 0 Å². The third kappa shape index (κ3) is 1.13. The molecule has 0 bridgehead atoms. The molecule has 4 nitrogen and oxygen atoms in total. The molecule has 0 unspecified atom stereocenters. The molecule has 0 amide bonds. The Morgan fingerprint density at radius 1 is 1.40 bits per heavy atom. The summed E-state index contributed by atoms with van der Waals surface area (Å²) in [5.74, 6) is 0. The average molecular weight is 151 g/mol. The largest absolute Gasteiger partial charge is 0.394 e. The highest BCUT2D eigenvalue weighted by Gasteiger charge is 2.42. The Labute approximate surface area is 56.9 Å². The minimum Gasteiger partial charge on any atom is -0.394 e. The van der Waals surface area contributed by atoms with E-state index in [1.165, 1.54) is 0 Å². The van der Waals surface area contributed by atoms with E-state index in [4.69, 9.17) is 15.3 Å². The molecule has 0 aromatic heterocycles. The lowest BCUT2D eigenvalue weighted by atomic mass is 10.2. The normalized spacial score (nSPS) is 48.0. The Bertz CT molecular complexity index is 120. The van der Waals surface area contributed by atoms with Crippen molar-refractivity contribution in [2.45, 2.75) is 24.7 Å². The fourth-order valence-electron chi connectivity index (χ4n) is 0.859. The number of rotatable bonds is 1. The Morgan fingerprint density at radius 2 is 2.00 bits per heavy atom. The molecular weight excluding hydrogens is 142 g/mol. The van der Waals surface area contributed by atoms with E-state index in [0.29, 0.717) is 0 Å². The second-order valence-electron chi connectivity index (χ2n) is 2.18. The third-order valence-corrected chi connectivity index (χ3v) is 1.47. The van der Waals surface area contributed by atoms with E-state index in [2.05, 4.69) is 4.74 Å². The molecule has 0 aromatic rings. The Balaban J connectivity index is 2.53. The van der Waals surface area contributed by atoms with Crippen LogP contribution in [0.2, 0.25) is 0 Å². The number of halogens is 1. The summed E-state index contributed by atoms with van der Waals surface area (Å²) in [5, 5.41) is 25.8. The minimum absolute atomic E-state index is 0.487. The van der Waals surface area contributed by atoms with Gasteiger partial charge in [0.05, 0.1) is 6.61 Å². The highest BCUT2D eigenvalue weighted by atomic mass is 18.2. The molecule has 1 aliphatic rings. The van der Waals surface area contributed by atoms with Gasteiger partial charge in [-0.05, 0) is 0 Å². The van der Waals surface area contributed by atoms with E-state index in [1.54, 1.807) is 0 Å². The van der Waals surface area contributed by atoms with Crippen molar-refractivity contribution >= 4 is 0 Å². The molecule has 0 saturated carbocycles. The van der Waals surface area contributed by atoms with Crippen molar-refractivity contribution in [3.05, 3.63) is 0 Å². The molecule has 0 spiro atoms. The van der Waals surface area contributed by atoms with Crippen LogP contribution in [0.1, 0.15) is 0 Å².